The Balaban J connectivity index is 1.59. The van der Waals surface area contributed by atoms with Crippen LogP contribution in [0, 0.1) is 5.92 Å². The minimum absolute atomic E-state index is 0.368. The smallest absolute Gasteiger partial charge is 0.133 e. The van der Waals surface area contributed by atoms with Crippen molar-refractivity contribution in [2.75, 3.05) is 19.7 Å². The van der Waals surface area contributed by atoms with Crippen LogP contribution in [0.2, 0.25) is 0 Å². The number of aromatic nitrogens is 3. The van der Waals surface area contributed by atoms with Gasteiger partial charge >= 0.3 is 0 Å². The number of nitrogens with zero attached hydrogens (tertiary/aromatic N) is 3. The minimum Gasteiger partial charge on any atom is -0.376 e. The zero-order valence-electron chi connectivity index (χ0n) is 10.8. The van der Waals surface area contributed by atoms with E-state index >= 15 is 0 Å². The molecule has 5 nitrogen and oxygen atoms in total. The van der Waals surface area contributed by atoms with Gasteiger partial charge in [0.2, 0.25) is 0 Å². The van der Waals surface area contributed by atoms with Crippen LogP contribution in [0.25, 0.3) is 0 Å². The number of piperidine rings is 1. The molecule has 1 aromatic heterocycles. The van der Waals surface area contributed by atoms with Crippen LogP contribution >= 0.6 is 0 Å². The molecular formula is C13H22N4O. The number of ether oxygens (including phenoxy) is 1. The van der Waals surface area contributed by atoms with Crippen LogP contribution in [0.1, 0.15) is 31.5 Å². The molecule has 3 rings (SSSR count). The predicted molar refractivity (Wildman–Crippen MR) is 68.3 cm³/mol. The van der Waals surface area contributed by atoms with E-state index in [0.717, 1.165) is 44.4 Å². The molecule has 2 fully saturated rings. The average molecular weight is 250 g/mol. The highest BCUT2D eigenvalue weighted by Gasteiger charge is 2.20. The highest BCUT2D eigenvalue weighted by Crippen LogP contribution is 2.19. The van der Waals surface area contributed by atoms with E-state index in [1.165, 1.54) is 25.7 Å². The first-order chi connectivity index (χ1) is 8.92. The summed E-state index contributed by atoms with van der Waals surface area (Å²) in [5, 5.41) is 11.8. The van der Waals surface area contributed by atoms with Crippen molar-refractivity contribution in [1.82, 2.24) is 20.1 Å². The van der Waals surface area contributed by atoms with Gasteiger partial charge in [-0.3, -0.25) is 0 Å². The molecule has 1 N–H and O–H groups in total. The van der Waals surface area contributed by atoms with E-state index in [-0.39, 0.29) is 0 Å². The zero-order chi connectivity index (χ0) is 12.2. The topological polar surface area (TPSA) is 52.0 Å². The van der Waals surface area contributed by atoms with Crippen molar-refractivity contribution in [3.8, 4) is 0 Å². The van der Waals surface area contributed by atoms with Crippen molar-refractivity contribution in [2.24, 2.45) is 5.92 Å². The van der Waals surface area contributed by atoms with Gasteiger partial charge in [0.25, 0.3) is 0 Å². The highest BCUT2D eigenvalue weighted by molar-refractivity contribution is 4.90. The molecule has 2 aliphatic heterocycles. The summed E-state index contributed by atoms with van der Waals surface area (Å²) in [5.74, 6) is 1.90. The summed E-state index contributed by atoms with van der Waals surface area (Å²) in [5.41, 5.74) is 0. The molecule has 100 valence electrons. The molecule has 0 aromatic carbocycles. The lowest BCUT2D eigenvalue weighted by atomic mass is 9.94. The van der Waals surface area contributed by atoms with Crippen molar-refractivity contribution < 1.29 is 4.74 Å². The maximum absolute atomic E-state index is 5.68. The first-order valence-electron chi connectivity index (χ1n) is 7.11. The molecule has 2 aliphatic rings. The molecule has 3 heterocycles. The molecule has 0 bridgehead atoms. The minimum atomic E-state index is 0.368. The maximum Gasteiger partial charge on any atom is 0.133 e. The monoisotopic (exact) mass is 250 g/mol. The summed E-state index contributed by atoms with van der Waals surface area (Å²) in [6, 6.07) is 0. The fraction of sp³-hybridized carbons (Fsp3) is 0.846. The van der Waals surface area contributed by atoms with Gasteiger partial charge in [0.1, 0.15) is 12.2 Å². The highest BCUT2D eigenvalue weighted by atomic mass is 16.5. The van der Waals surface area contributed by atoms with Crippen molar-refractivity contribution in [3.63, 3.8) is 0 Å². The number of nitrogens with one attached hydrogen (secondary N) is 1. The van der Waals surface area contributed by atoms with Crippen molar-refractivity contribution in [1.29, 1.82) is 0 Å². The van der Waals surface area contributed by atoms with E-state index in [0.29, 0.717) is 6.10 Å². The molecule has 0 saturated carbocycles. The molecule has 2 saturated heterocycles. The Kier molecular flexibility index (Phi) is 3.90. The van der Waals surface area contributed by atoms with Gasteiger partial charge in [-0.05, 0) is 44.7 Å². The number of rotatable bonds is 4. The van der Waals surface area contributed by atoms with Crippen LogP contribution in [0.5, 0.6) is 0 Å². The lowest BCUT2D eigenvalue weighted by Gasteiger charge is -2.22. The Labute approximate surface area is 108 Å². The van der Waals surface area contributed by atoms with Gasteiger partial charge in [0.15, 0.2) is 0 Å². The zero-order valence-corrected chi connectivity index (χ0v) is 10.8. The molecule has 0 radical (unpaired) electrons. The van der Waals surface area contributed by atoms with Crippen LogP contribution in [-0.4, -0.2) is 40.6 Å². The van der Waals surface area contributed by atoms with Gasteiger partial charge in [0.05, 0.1) is 12.6 Å². The summed E-state index contributed by atoms with van der Waals surface area (Å²) < 4.78 is 7.88. The molecule has 0 aliphatic carbocycles. The molecular weight excluding hydrogens is 228 g/mol. The van der Waals surface area contributed by atoms with E-state index in [9.17, 15) is 0 Å². The number of hydrogen-bond donors (Lipinski definition) is 1. The van der Waals surface area contributed by atoms with Gasteiger partial charge in [-0.1, -0.05) is 0 Å². The Hall–Kier alpha value is -0.940. The standard InChI is InChI=1S/C13H22N4O/c1-2-12(18-7-1)9-17-10-15-16-13(17)8-11-3-5-14-6-4-11/h10-12,14H,1-9H2. The third kappa shape index (κ3) is 2.90. The molecule has 18 heavy (non-hydrogen) atoms. The van der Waals surface area contributed by atoms with Crippen molar-refractivity contribution in [3.05, 3.63) is 12.2 Å². The third-order valence-corrected chi connectivity index (χ3v) is 4.05. The van der Waals surface area contributed by atoms with Gasteiger partial charge in [0, 0.05) is 13.0 Å². The van der Waals surface area contributed by atoms with Gasteiger partial charge in [-0.2, -0.15) is 0 Å². The van der Waals surface area contributed by atoms with Crippen LogP contribution < -0.4 is 5.32 Å². The van der Waals surface area contributed by atoms with Gasteiger partial charge in [-0.25, -0.2) is 0 Å². The largest absolute Gasteiger partial charge is 0.376 e. The Morgan fingerprint density at radius 3 is 3.00 bits per heavy atom. The summed E-state index contributed by atoms with van der Waals surface area (Å²) in [6.45, 7) is 4.12. The summed E-state index contributed by atoms with van der Waals surface area (Å²) in [6.07, 6.45) is 8.17. The summed E-state index contributed by atoms with van der Waals surface area (Å²) in [4.78, 5) is 0. The second-order valence-corrected chi connectivity index (χ2v) is 5.43. The molecule has 0 amide bonds. The second kappa shape index (κ2) is 5.80. The van der Waals surface area contributed by atoms with Gasteiger partial charge < -0.3 is 14.6 Å². The lowest BCUT2D eigenvalue weighted by Crippen LogP contribution is -2.29. The van der Waals surface area contributed by atoms with E-state index in [2.05, 4.69) is 20.1 Å². The lowest BCUT2D eigenvalue weighted by molar-refractivity contribution is 0.0959. The van der Waals surface area contributed by atoms with Crippen molar-refractivity contribution in [2.45, 2.75) is 44.8 Å². The fourth-order valence-corrected chi connectivity index (χ4v) is 2.94. The molecule has 1 aromatic rings. The van der Waals surface area contributed by atoms with Crippen LogP contribution in [-0.2, 0) is 17.7 Å². The van der Waals surface area contributed by atoms with Crippen LogP contribution in [0.4, 0.5) is 0 Å². The Morgan fingerprint density at radius 1 is 1.33 bits per heavy atom. The molecule has 5 heteroatoms. The molecule has 1 unspecified atom stereocenters. The van der Waals surface area contributed by atoms with E-state index in [1.807, 2.05) is 6.33 Å². The molecule has 1 atom stereocenters. The Bertz CT molecular complexity index is 367. The fourth-order valence-electron chi connectivity index (χ4n) is 2.94. The summed E-state index contributed by atoms with van der Waals surface area (Å²) >= 11 is 0. The van der Waals surface area contributed by atoms with E-state index < -0.39 is 0 Å². The van der Waals surface area contributed by atoms with Crippen LogP contribution in [0.3, 0.4) is 0 Å². The quantitative estimate of drug-likeness (QED) is 0.866. The SMILES string of the molecule is c1nnc(CC2CCNCC2)n1CC1CCCO1. The Morgan fingerprint density at radius 2 is 2.22 bits per heavy atom. The maximum atomic E-state index is 5.68. The van der Waals surface area contributed by atoms with Crippen molar-refractivity contribution >= 4 is 0 Å². The second-order valence-electron chi connectivity index (χ2n) is 5.43. The van der Waals surface area contributed by atoms with E-state index in [4.69, 9.17) is 4.74 Å². The first kappa shape index (κ1) is 12.1. The van der Waals surface area contributed by atoms with Gasteiger partial charge in [-0.15, -0.1) is 10.2 Å². The van der Waals surface area contributed by atoms with Crippen LogP contribution in [0.15, 0.2) is 6.33 Å². The average Bonchev–Trinajstić information content (AvgIpc) is 3.04. The molecule has 0 spiro atoms. The normalized spacial score (nSPS) is 25.7. The first-order valence-corrected chi connectivity index (χ1v) is 7.11. The summed E-state index contributed by atoms with van der Waals surface area (Å²) in [7, 11) is 0. The predicted octanol–water partition coefficient (Wildman–Crippen LogP) is 0.999. The third-order valence-electron chi connectivity index (χ3n) is 4.05. The number of hydrogen-bond acceptors (Lipinski definition) is 4. The van der Waals surface area contributed by atoms with E-state index in [1.54, 1.807) is 0 Å².